The minimum atomic E-state index is 0.0163. The van der Waals surface area contributed by atoms with Crippen molar-refractivity contribution in [3.05, 3.63) is 27.7 Å². The highest BCUT2D eigenvalue weighted by atomic mass is 35.5. The third kappa shape index (κ3) is 3.71. The van der Waals surface area contributed by atoms with Crippen LogP contribution in [0.1, 0.15) is 19.4 Å². The Balaban J connectivity index is 2.21. The van der Waals surface area contributed by atoms with Crippen LogP contribution in [0.25, 0.3) is 0 Å². The Morgan fingerprint density at radius 1 is 1.37 bits per heavy atom. The Morgan fingerprint density at radius 3 is 2.79 bits per heavy atom. The summed E-state index contributed by atoms with van der Waals surface area (Å²) in [5, 5.41) is 17.4. The van der Waals surface area contributed by atoms with Gasteiger partial charge in [0.05, 0.1) is 11.1 Å². The van der Waals surface area contributed by atoms with Gasteiger partial charge in [-0.2, -0.15) is 5.21 Å². The van der Waals surface area contributed by atoms with Crippen molar-refractivity contribution in [2.24, 2.45) is 0 Å². The van der Waals surface area contributed by atoms with Gasteiger partial charge in [-0.3, -0.25) is 0 Å². The summed E-state index contributed by atoms with van der Waals surface area (Å²) in [5.41, 5.74) is 0.830. The first-order valence-electron chi connectivity index (χ1n) is 5.68. The van der Waals surface area contributed by atoms with Crippen LogP contribution in [0.2, 0.25) is 10.0 Å². The number of aromatic nitrogens is 4. The van der Waals surface area contributed by atoms with Gasteiger partial charge >= 0.3 is 0 Å². The fourth-order valence-electron chi connectivity index (χ4n) is 1.52. The van der Waals surface area contributed by atoms with E-state index in [1.54, 1.807) is 12.1 Å². The van der Waals surface area contributed by atoms with E-state index in [0.29, 0.717) is 28.3 Å². The molecule has 0 saturated heterocycles. The molecule has 2 rings (SSSR count). The highest BCUT2D eigenvalue weighted by Crippen LogP contribution is 2.33. The second kappa shape index (κ2) is 6.08. The van der Waals surface area contributed by atoms with Crippen molar-refractivity contribution in [3.63, 3.8) is 0 Å². The van der Waals surface area contributed by atoms with Gasteiger partial charge < -0.3 is 10.1 Å². The number of ether oxygens (including phenoxy) is 1. The van der Waals surface area contributed by atoms with Gasteiger partial charge in [0.2, 0.25) is 0 Å². The zero-order valence-corrected chi connectivity index (χ0v) is 12.0. The molecule has 2 aromatic rings. The number of aromatic amines is 1. The first kappa shape index (κ1) is 13.9. The summed E-state index contributed by atoms with van der Waals surface area (Å²) >= 11 is 12.2. The lowest BCUT2D eigenvalue weighted by Gasteiger charge is -2.16. The summed E-state index contributed by atoms with van der Waals surface area (Å²) in [4.78, 5) is 0. The molecule has 19 heavy (non-hydrogen) atoms. The fourth-order valence-corrected chi connectivity index (χ4v) is 2.10. The van der Waals surface area contributed by atoms with Crippen molar-refractivity contribution < 1.29 is 4.74 Å². The Bertz CT molecular complexity index is 544. The second-order valence-electron chi connectivity index (χ2n) is 4.13. The lowest BCUT2D eigenvalue weighted by atomic mass is 10.2. The van der Waals surface area contributed by atoms with Crippen LogP contribution in [0.15, 0.2) is 12.1 Å². The minimum Gasteiger partial charge on any atom is -0.489 e. The normalized spacial score (nSPS) is 10.8. The van der Waals surface area contributed by atoms with E-state index >= 15 is 0 Å². The molecule has 0 spiro atoms. The van der Waals surface area contributed by atoms with Crippen LogP contribution < -0.4 is 10.1 Å². The topological polar surface area (TPSA) is 75.7 Å². The molecule has 8 heteroatoms. The molecule has 0 unspecified atom stereocenters. The standard InChI is InChI=1S/C11H13Cl2N5O/c1-6(2)19-10-7(3-8(12)4-9(10)13)5-14-11-15-17-18-16-11/h3-4,6H,5H2,1-2H3,(H2,14,15,16,17,18). The SMILES string of the molecule is CC(C)Oc1c(Cl)cc(Cl)cc1CNc1nn[nH]n1. The third-order valence-corrected chi connectivity index (χ3v) is 2.72. The molecule has 0 aliphatic carbocycles. The predicted molar refractivity (Wildman–Crippen MR) is 73.7 cm³/mol. The highest BCUT2D eigenvalue weighted by molar-refractivity contribution is 6.35. The maximum absolute atomic E-state index is 6.15. The molecule has 0 saturated carbocycles. The molecule has 0 atom stereocenters. The number of nitrogens with zero attached hydrogens (tertiary/aromatic N) is 3. The van der Waals surface area contributed by atoms with E-state index in [9.17, 15) is 0 Å². The van der Waals surface area contributed by atoms with Gasteiger partial charge in [0.25, 0.3) is 5.95 Å². The number of hydrogen-bond acceptors (Lipinski definition) is 5. The van der Waals surface area contributed by atoms with Crippen LogP contribution >= 0.6 is 23.2 Å². The number of nitrogens with one attached hydrogen (secondary N) is 2. The maximum Gasteiger partial charge on any atom is 0.263 e. The average molecular weight is 302 g/mol. The Labute approximate surface area is 120 Å². The molecular weight excluding hydrogens is 289 g/mol. The van der Waals surface area contributed by atoms with Crippen LogP contribution in [-0.2, 0) is 6.54 Å². The Hall–Kier alpha value is -1.53. The maximum atomic E-state index is 6.15. The molecular formula is C11H13Cl2N5O. The quantitative estimate of drug-likeness (QED) is 0.888. The van der Waals surface area contributed by atoms with Crippen LogP contribution in [0.4, 0.5) is 5.95 Å². The predicted octanol–water partition coefficient (Wildman–Crippen LogP) is 2.91. The van der Waals surface area contributed by atoms with Crippen LogP contribution in [0, 0.1) is 0 Å². The van der Waals surface area contributed by atoms with E-state index in [-0.39, 0.29) is 6.10 Å². The number of tetrazole rings is 1. The summed E-state index contributed by atoms with van der Waals surface area (Å²) < 4.78 is 5.71. The van der Waals surface area contributed by atoms with Crippen molar-refractivity contribution >= 4 is 29.2 Å². The number of hydrogen-bond donors (Lipinski definition) is 2. The summed E-state index contributed by atoms with van der Waals surface area (Å²) in [7, 11) is 0. The molecule has 6 nitrogen and oxygen atoms in total. The molecule has 0 amide bonds. The van der Waals surface area contributed by atoms with Gasteiger partial charge in [0.1, 0.15) is 5.75 Å². The first-order valence-corrected chi connectivity index (χ1v) is 6.43. The van der Waals surface area contributed by atoms with Gasteiger partial charge in [0, 0.05) is 17.1 Å². The minimum absolute atomic E-state index is 0.0163. The Kier molecular flexibility index (Phi) is 4.44. The molecule has 102 valence electrons. The Morgan fingerprint density at radius 2 is 2.16 bits per heavy atom. The fraction of sp³-hybridized carbons (Fsp3) is 0.364. The van der Waals surface area contributed by atoms with Gasteiger partial charge in [-0.05, 0) is 31.2 Å². The van der Waals surface area contributed by atoms with Crippen molar-refractivity contribution in [2.45, 2.75) is 26.5 Å². The molecule has 2 N–H and O–H groups in total. The lowest BCUT2D eigenvalue weighted by molar-refractivity contribution is 0.240. The van der Waals surface area contributed by atoms with Gasteiger partial charge in [0.15, 0.2) is 0 Å². The van der Waals surface area contributed by atoms with E-state index in [0.717, 1.165) is 5.56 Å². The van der Waals surface area contributed by atoms with Crippen molar-refractivity contribution in [1.29, 1.82) is 0 Å². The highest BCUT2D eigenvalue weighted by Gasteiger charge is 2.12. The monoisotopic (exact) mass is 301 g/mol. The average Bonchev–Trinajstić information content (AvgIpc) is 2.83. The molecule has 1 aromatic heterocycles. The third-order valence-electron chi connectivity index (χ3n) is 2.22. The molecule has 0 fully saturated rings. The molecule has 1 aromatic carbocycles. The van der Waals surface area contributed by atoms with Crippen molar-refractivity contribution in [3.8, 4) is 5.75 Å². The molecule has 0 radical (unpaired) electrons. The first-order chi connectivity index (χ1) is 9.06. The number of H-pyrrole nitrogens is 1. The summed E-state index contributed by atoms with van der Waals surface area (Å²) in [6, 6.07) is 3.44. The number of rotatable bonds is 5. The van der Waals surface area contributed by atoms with E-state index in [2.05, 4.69) is 25.9 Å². The zero-order valence-electron chi connectivity index (χ0n) is 10.4. The number of anilines is 1. The zero-order chi connectivity index (χ0) is 13.8. The van der Waals surface area contributed by atoms with Gasteiger partial charge in [-0.1, -0.05) is 28.3 Å². The lowest BCUT2D eigenvalue weighted by Crippen LogP contribution is -2.10. The number of halogens is 2. The molecule has 1 heterocycles. The van der Waals surface area contributed by atoms with E-state index < -0.39 is 0 Å². The summed E-state index contributed by atoms with van der Waals surface area (Å²) in [6.07, 6.45) is 0.0163. The van der Waals surface area contributed by atoms with Crippen LogP contribution in [0.5, 0.6) is 5.75 Å². The van der Waals surface area contributed by atoms with E-state index in [4.69, 9.17) is 27.9 Å². The largest absolute Gasteiger partial charge is 0.489 e. The van der Waals surface area contributed by atoms with E-state index in [1.807, 2.05) is 13.8 Å². The summed E-state index contributed by atoms with van der Waals surface area (Å²) in [6.45, 7) is 4.30. The molecule has 0 aliphatic rings. The smallest absolute Gasteiger partial charge is 0.263 e. The van der Waals surface area contributed by atoms with Crippen LogP contribution in [-0.4, -0.2) is 26.7 Å². The summed E-state index contributed by atoms with van der Waals surface area (Å²) in [5.74, 6) is 1.00. The second-order valence-corrected chi connectivity index (χ2v) is 4.98. The van der Waals surface area contributed by atoms with Crippen molar-refractivity contribution in [1.82, 2.24) is 20.6 Å². The van der Waals surface area contributed by atoms with Crippen LogP contribution in [0.3, 0.4) is 0 Å². The van der Waals surface area contributed by atoms with Gasteiger partial charge in [-0.15, -0.1) is 5.10 Å². The molecule has 0 bridgehead atoms. The molecule has 0 aliphatic heterocycles. The van der Waals surface area contributed by atoms with Gasteiger partial charge in [-0.25, -0.2) is 0 Å². The van der Waals surface area contributed by atoms with E-state index in [1.165, 1.54) is 0 Å². The van der Waals surface area contributed by atoms with Crippen molar-refractivity contribution in [2.75, 3.05) is 5.32 Å². The number of benzene rings is 1.